The molecule has 0 aliphatic carbocycles. The van der Waals surface area contributed by atoms with E-state index < -0.39 is 0 Å². The van der Waals surface area contributed by atoms with Crippen LogP contribution in [0.2, 0.25) is 0 Å². The van der Waals surface area contributed by atoms with E-state index in [-0.39, 0.29) is 16.7 Å². The molecule has 1 amide bonds. The van der Waals surface area contributed by atoms with Crippen LogP contribution in [0.25, 0.3) is 22.9 Å². The molecule has 2 aromatic carbocycles. The molecule has 4 aromatic rings. The molecule has 4 rings (SSSR count). The zero-order chi connectivity index (χ0) is 21.3. The second-order valence-corrected chi connectivity index (χ2v) is 6.56. The summed E-state index contributed by atoms with van der Waals surface area (Å²) in [6, 6.07) is 15.9. The molecule has 0 spiro atoms. The molecule has 2 N–H and O–H groups in total. The Balaban J connectivity index is 1.73. The van der Waals surface area contributed by atoms with E-state index >= 15 is 0 Å². The maximum Gasteiger partial charge on any atom is 0.269 e. The number of aromatic nitrogens is 2. The Morgan fingerprint density at radius 1 is 1.20 bits per heavy atom. The SMILES string of the molecule is COc1ccc(C(=O)NNC=c2c(C)c(C#N)c3nc4ccccc4n3c2=O)cc1. The highest BCUT2D eigenvalue weighted by molar-refractivity contribution is 5.94. The highest BCUT2D eigenvalue weighted by Gasteiger charge is 2.16. The zero-order valence-electron chi connectivity index (χ0n) is 16.3. The minimum atomic E-state index is -0.381. The number of fused-ring (bicyclic) bond motifs is 3. The maximum atomic E-state index is 13.1. The Bertz CT molecular complexity index is 1430. The molecule has 0 atom stereocenters. The number of ether oxygens (including phenoxy) is 1. The quantitative estimate of drug-likeness (QED) is 0.503. The van der Waals surface area contributed by atoms with Gasteiger partial charge in [0, 0.05) is 11.8 Å². The highest BCUT2D eigenvalue weighted by atomic mass is 16.5. The molecule has 0 saturated carbocycles. The fourth-order valence-corrected chi connectivity index (χ4v) is 3.27. The lowest BCUT2D eigenvalue weighted by Crippen LogP contribution is -2.40. The molecule has 0 aliphatic rings. The number of hydrazine groups is 1. The van der Waals surface area contributed by atoms with Crippen LogP contribution in [0.1, 0.15) is 21.5 Å². The first kappa shape index (κ1) is 19.0. The van der Waals surface area contributed by atoms with Gasteiger partial charge in [0.25, 0.3) is 11.5 Å². The van der Waals surface area contributed by atoms with E-state index in [4.69, 9.17) is 4.74 Å². The van der Waals surface area contributed by atoms with Gasteiger partial charge in [-0.3, -0.25) is 19.4 Å². The molecule has 8 nitrogen and oxygen atoms in total. The van der Waals surface area contributed by atoms with Crippen molar-refractivity contribution in [1.29, 1.82) is 5.26 Å². The third kappa shape index (κ3) is 3.08. The average molecular weight is 399 g/mol. The van der Waals surface area contributed by atoms with Gasteiger partial charge in [-0.25, -0.2) is 4.98 Å². The number of nitrogens with one attached hydrogen (secondary N) is 2. The number of nitriles is 1. The van der Waals surface area contributed by atoms with E-state index in [2.05, 4.69) is 21.9 Å². The van der Waals surface area contributed by atoms with Crippen molar-refractivity contribution in [3.05, 3.63) is 80.8 Å². The van der Waals surface area contributed by atoms with Gasteiger partial charge in [0.05, 0.1) is 28.9 Å². The van der Waals surface area contributed by atoms with Crippen LogP contribution in [0.15, 0.2) is 53.3 Å². The van der Waals surface area contributed by atoms with Gasteiger partial charge in [-0.1, -0.05) is 12.1 Å². The van der Waals surface area contributed by atoms with Crippen LogP contribution in [0.4, 0.5) is 0 Å². The second kappa shape index (κ2) is 7.56. The second-order valence-electron chi connectivity index (χ2n) is 6.56. The summed E-state index contributed by atoms with van der Waals surface area (Å²) in [7, 11) is 1.55. The molecule has 0 fully saturated rings. The number of pyridine rings is 1. The lowest BCUT2D eigenvalue weighted by atomic mass is 10.1. The molecule has 0 radical (unpaired) electrons. The predicted octanol–water partition coefficient (Wildman–Crippen LogP) is 1.43. The summed E-state index contributed by atoms with van der Waals surface area (Å²) in [5, 5.41) is 9.90. The number of hydrogen-bond acceptors (Lipinski definition) is 6. The summed E-state index contributed by atoms with van der Waals surface area (Å²) in [6.07, 6.45) is 1.38. The Hall–Kier alpha value is -4.38. The number of amides is 1. The predicted molar refractivity (Wildman–Crippen MR) is 112 cm³/mol. The molecule has 30 heavy (non-hydrogen) atoms. The summed E-state index contributed by atoms with van der Waals surface area (Å²) in [6.45, 7) is 1.68. The first-order chi connectivity index (χ1) is 14.5. The van der Waals surface area contributed by atoms with Crippen molar-refractivity contribution in [3.8, 4) is 11.8 Å². The monoisotopic (exact) mass is 399 g/mol. The van der Waals surface area contributed by atoms with Crippen LogP contribution < -0.4 is 26.4 Å². The number of para-hydroxylation sites is 2. The number of methoxy groups -OCH3 is 1. The number of carbonyl (C=O) groups excluding carboxylic acids is 1. The summed E-state index contributed by atoms with van der Waals surface area (Å²) >= 11 is 0. The maximum absolute atomic E-state index is 13.1. The van der Waals surface area contributed by atoms with Gasteiger partial charge in [-0.05, 0) is 48.9 Å². The third-order valence-electron chi connectivity index (χ3n) is 4.86. The number of nitrogens with zero attached hydrogens (tertiary/aromatic N) is 3. The van der Waals surface area contributed by atoms with Crippen molar-refractivity contribution in [2.45, 2.75) is 6.92 Å². The van der Waals surface area contributed by atoms with Gasteiger partial charge in [-0.2, -0.15) is 5.26 Å². The molecule has 0 unspecified atom stereocenters. The van der Waals surface area contributed by atoms with Crippen molar-refractivity contribution >= 4 is 28.8 Å². The molecule has 0 saturated heterocycles. The number of benzene rings is 2. The van der Waals surface area contributed by atoms with Gasteiger partial charge in [0.15, 0.2) is 5.65 Å². The molecule has 2 aromatic heterocycles. The van der Waals surface area contributed by atoms with Crippen LogP contribution in [-0.2, 0) is 0 Å². The van der Waals surface area contributed by atoms with Gasteiger partial charge >= 0.3 is 0 Å². The van der Waals surface area contributed by atoms with Crippen LogP contribution in [-0.4, -0.2) is 22.4 Å². The Morgan fingerprint density at radius 3 is 2.63 bits per heavy atom. The lowest BCUT2D eigenvalue weighted by molar-refractivity contribution is 0.0943. The van der Waals surface area contributed by atoms with Gasteiger partial charge in [-0.15, -0.1) is 0 Å². The summed E-state index contributed by atoms with van der Waals surface area (Å²) in [5.74, 6) is 0.260. The highest BCUT2D eigenvalue weighted by Crippen LogP contribution is 2.17. The van der Waals surface area contributed by atoms with E-state index in [0.29, 0.717) is 39.1 Å². The van der Waals surface area contributed by atoms with Crippen molar-refractivity contribution in [3.63, 3.8) is 0 Å². The summed E-state index contributed by atoms with van der Waals surface area (Å²) in [4.78, 5) is 29.9. The Morgan fingerprint density at radius 2 is 1.93 bits per heavy atom. The van der Waals surface area contributed by atoms with Crippen molar-refractivity contribution in [2.75, 3.05) is 7.11 Å². The lowest BCUT2D eigenvalue weighted by Gasteiger charge is -2.07. The van der Waals surface area contributed by atoms with Crippen molar-refractivity contribution in [1.82, 2.24) is 20.2 Å². The topological polar surface area (TPSA) is 109 Å². The molecule has 148 valence electrons. The third-order valence-corrected chi connectivity index (χ3v) is 4.86. The minimum absolute atomic E-state index is 0.261. The van der Waals surface area contributed by atoms with Gasteiger partial charge < -0.3 is 10.2 Å². The number of carbonyl (C=O) groups is 1. The van der Waals surface area contributed by atoms with E-state index in [0.717, 1.165) is 0 Å². The van der Waals surface area contributed by atoms with Crippen LogP contribution in [0, 0.1) is 18.3 Å². The fraction of sp³-hybridized carbons (Fsp3) is 0.0909. The molecule has 0 bridgehead atoms. The Kier molecular flexibility index (Phi) is 4.78. The number of hydrogen-bond donors (Lipinski definition) is 2. The van der Waals surface area contributed by atoms with E-state index in [1.807, 2.05) is 6.07 Å². The molecule has 2 heterocycles. The van der Waals surface area contributed by atoms with Crippen LogP contribution in [0.5, 0.6) is 5.75 Å². The van der Waals surface area contributed by atoms with E-state index in [1.54, 1.807) is 56.5 Å². The molecule has 0 aliphatic heterocycles. The smallest absolute Gasteiger partial charge is 0.269 e. The number of imidazole rings is 1. The molecule has 8 heteroatoms. The molecular weight excluding hydrogens is 382 g/mol. The van der Waals surface area contributed by atoms with Crippen molar-refractivity contribution < 1.29 is 9.53 Å². The van der Waals surface area contributed by atoms with E-state index in [9.17, 15) is 14.9 Å². The standard InChI is InChI=1S/C22H17N5O3/c1-13-16(11-23)20-25-18-5-3-4-6-19(18)27(20)22(29)17(13)12-24-26-21(28)14-7-9-15(30-2)10-8-14/h3-10,12,24H,1-2H3,(H,26,28). The van der Waals surface area contributed by atoms with Gasteiger partial charge in [0.1, 0.15) is 11.8 Å². The summed E-state index contributed by atoms with van der Waals surface area (Å²) < 4.78 is 6.49. The Labute approximate surface area is 171 Å². The summed E-state index contributed by atoms with van der Waals surface area (Å²) in [5.41, 5.74) is 7.63. The zero-order valence-corrected chi connectivity index (χ0v) is 16.3. The van der Waals surface area contributed by atoms with Gasteiger partial charge in [0.2, 0.25) is 0 Å². The largest absolute Gasteiger partial charge is 0.497 e. The first-order valence-corrected chi connectivity index (χ1v) is 9.09. The minimum Gasteiger partial charge on any atom is -0.497 e. The molecular formula is C22H17N5O3. The van der Waals surface area contributed by atoms with Crippen molar-refractivity contribution in [2.24, 2.45) is 0 Å². The van der Waals surface area contributed by atoms with Crippen LogP contribution >= 0.6 is 0 Å². The van der Waals surface area contributed by atoms with Crippen LogP contribution in [0.3, 0.4) is 0 Å². The first-order valence-electron chi connectivity index (χ1n) is 9.09. The normalized spacial score (nSPS) is 11.4. The number of rotatable bonds is 4. The fourth-order valence-electron chi connectivity index (χ4n) is 3.27. The average Bonchev–Trinajstić information content (AvgIpc) is 3.15. The van der Waals surface area contributed by atoms with E-state index in [1.165, 1.54) is 10.6 Å².